The van der Waals surface area contributed by atoms with Gasteiger partial charge in [0.2, 0.25) is 0 Å². The third-order valence-electron chi connectivity index (χ3n) is 1.71. The molecule has 1 amide bonds. The average molecular weight is 193 g/mol. The second-order valence-electron chi connectivity index (χ2n) is 2.57. The SMILES string of the molecule is CSC1=NC2=NC(=O)C=CC2C=N1. The summed E-state index contributed by atoms with van der Waals surface area (Å²) in [7, 11) is 0. The Morgan fingerprint density at radius 3 is 3.08 bits per heavy atom. The number of aliphatic imine (C=N–C) groups is 3. The van der Waals surface area contributed by atoms with Gasteiger partial charge in [-0.3, -0.25) is 4.79 Å². The van der Waals surface area contributed by atoms with Crippen molar-refractivity contribution >= 4 is 34.9 Å². The number of amidine groups is 2. The molecule has 1 atom stereocenters. The minimum absolute atomic E-state index is 0.0198. The van der Waals surface area contributed by atoms with Crippen LogP contribution in [0, 0.1) is 5.92 Å². The van der Waals surface area contributed by atoms with Crippen LogP contribution in [0.25, 0.3) is 0 Å². The zero-order valence-corrected chi connectivity index (χ0v) is 7.78. The van der Waals surface area contributed by atoms with Gasteiger partial charge in [0, 0.05) is 12.3 Å². The normalized spacial score (nSPS) is 25.3. The van der Waals surface area contributed by atoms with E-state index in [2.05, 4.69) is 15.0 Å². The topological polar surface area (TPSA) is 54.1 Å². The predicted octanol–water partition coefficient (Wildman–Crippen LogP) is 0.901. The fourth-order valence-electron chi connectivity index (χ4n) is 1.08. The molecule has 2 rings (SSSR count). The Bertz CT molecular complexity index is 368. The van der Waals surface area contributed by atoms with Gasteiger partial charge in [-0.25, -0.2) is 9.98 Å². The van der Waals surface area contributed by atoms with E-state index in [1.807, 2.05) is 6.26 Å². The smallest absolute Gasteiger partial charge is 0.267 e. The van der Waals surface area contributed by atoms with Crippen LogP contribution in [0.1, 0.15) is 0 Å². The van der Waals surface area contributed by atoms with Crippen molar-refractivity contribution in [2.75, 3.05) is 6.26 Å². The van der Waals surface area contributed by atoms with Crippen LogP contribution in [0.2, 0.25) is 0 Å². The fourth-order valence-corrected chi connectivity index (χ4v) is 1.43. The molecule has 66 valence electrons. The molecule has 13 heavy (non-hydrogen) atoms. The van der Waals surface area contributed by atoms with Crippen LogP contribution in [0.15, 0.2) is 27.1 Å². The Balaban J connectivity index is 2.33. The van der Waals surface area contributed by atoms with E-state index in [1.54, 1.807) is 12.3 Å². The highest BCUT2D eigenvalue weighted by molar-refractivity contribution is 8.13. The molecule has 0 fully saturated rings. The summed E-state index contributed by atoms with van der Waals surface area (Å²) in [5.74, 6) is 0.284. The van der Waals surface area contributed by atoms with Gasteiger partial charge in [0.25, 0.3) is 5.91 Å². The minimum Gasteiger partial charge on any atom is -0.267 e. The van der Waals surface area contributed by atoms with Gasteiger partial charge in [0.05, 0.1) is 5.92 Å². The molecular formula is C8H7N3OS. The molecule has 0 saturated heterocycles. The highest BCUT2D eigenvalue weighted by atomic mass is 32.2. The van der Waals surface area contributed by atoms with E-state index in [4.69, 9.17) is 0 Å². The van der Waals surface area contributed by atoms with E-state index in [-0.39, 0.29) is 11.8 Å². The molecule has 2 heterocycles. The van der Waals surface area contributed by atoms with Crippen molar-refractivity contribution < 1.29 is 4.79 Å². The number of hydrogen-bond acceptors (Lipinski definition) is 4. The van der Waals surface area contributed by atoms with E-state index < -0.39 is 0 Å². The Labute approximate surface area is 79.6 Å². The average Bonchev–Trinajstić information content (AvgIpc) is 2.16. The molecule has 4 nitrogen and oxygen atoms in total. The number of hydrogen-bond donors (Lipinski definition) is 0. The van der Waals surface area contributed by atoms with Crippen molar-refractivity contribution in [3.8, 4) is 0 Å². The molecule has 1 unspecified atom stereocenters. The standard InChI is InChI=1S/C8H7N3OS/c1-13-8-9-4-5-2-3-6(12)10-7(5)11-8/h2-5H,1H3. The Kier molecular flexibility index (Phi) is 2.10. The molecule has 2 aliphatic rings. The lowest BCUT2D eigenvalue weighted by Gasteiger charge is -2.14. The summed E-state index contributed by atoms with van der Waals surface area (Å²) in [4.78, 5) is 23.0. The molecule has 2 aliphatic heterocycles. The number of carbonyl (C=O) groups is 1. The van der Waals surface area contributed by atoms with E-state index >= 15 is 0 Å². The van der Waals surface area contributed by atoms with Crippen LogP contribution in [-0.4, -0.2) is 29.4 Å². The van der Waals surface area contributed by atoms with Gasteiger partial charge in [0.15, 0.2) is 5.17 Å². The quantitative estimate of drug-likeness (QED) is 0.574. The van der Waals surface area contributed by atoms with E-state index in [0.717, 1.165) is 0 Å². The number of thioether (sulfide) groups is 1. The molecule has 0 bridgehead atoms. The Morgan fingerprint density at radius 2 is 2.31 bits per heavy atom. The second-order valence-corrected chi connectivity index (χ2v) is 3.34. The number of nitrogens with zero attached hydrogens (tertiary/aromatic N) is 3. The second kappa shape index (κ2) is 3.26. The van der Waals surface area contributed by atoms with E-state index in [1.165, 1.54) is 17.8 Å². The molecule has 0 aromatic heterocycles. The third-order valence-corrected chi connectivity index (χ3v) is 2.27. The number of carbonyl (C=O) groups excluding carboxylic acids is 1. The Hall–Kier alpha value is -1.23. The first-order valence-corrected chi connectivity index (χ1v) is 4.99. The highest BCUT2D eigenvalue weighted by Crippen LogP contribution is 2.15. The number of rotatable bonds is 0. The summed E-state index contributed by atoms with van der Waals surface area (Å²) in [6.07, 6.45) is 6.84. The van der Waals surface area contributed by atoms with Crippen molar-refractivity contribution in [3.63, 3.8) is 0 Å². The van der Waals surface area contributed by atoms with Crippen LogP contribution >= 0.6 is 11.8 Å². The lowest BCUT2D eigenvalue weighted by atomic mass is 10.1. The summed E-state index contributed by atoms with van der Waals surface area (Å²) in [6.45, 7) is 0. The molecular weight excluding hydrogens is 186 g/mol. The first-order chi connectivity index (χ1) is 6.29. The molecule has 5 heteroatoms. The maximum absolute atomic E-state index is 10.9. The molecule has 0 saturated carbocycles. The van der Waals surface area contributed by atoms with Gasteiger partial charge >= 0.3 is 0 Å². The van der Waals surface area contributed by atoms with Crippen molar-refractivity contribution in [3.05, 3.63) is 12.2 Å². The van der Waals surface area contributed by atoms with Crippen LogP contribution in [0.3, 0.4) is 0 Å². The third kappa shape index (κ3) is 1.60. The number of amides is 1. The van der Waals surface area contributed by atoms with Gasteiger partial charge in [-0.15, -0.1) is 0 Å². The zero-order chi connectivity index (χ0) is 9.26. The van der Waals surface area contributed by atoms with Gasteiger partial charge < -0.3 is 0 Å². The highest BCUT2D eigenvalue weighted by Gasteiger charge is 2.20. The molecule has 0 aromatic carbocycles. The lowest BCUT2D eigenvalue weighted by molar-refractivity contribution is -0.113. The predicted molar refractivity (Wildman–Crippen MR) is 54.5 cm³/mol. The summed E-state index contributed by atoms with van der Waals surface area (Å²) in [5, 5.41) is 0.651. The first kappa shape index (κ1) is 8.37. The first-order valence-electron chi connectivity index (χ1n) is 3.77. The fraction of sp³-hybridized carbons (Fsp3) is 0.250. The van der Waals surface area contributed by atoms with Crippen LogP contribution in [0.4, 0.5) is 0 Å². The summed E-state index contributed by atoms with van der Waals surface area (Å²) >= 11 is 1.44. The maximum atomic E-state index is 10.9. The van der Waals surface area contributed by atoms with Gasteiger partial charge in [0.1, 0.15) is 5.84 Å². The van der Waals surface area contributed by atoms with Gasteiger partial charge in [-0.05, 0) is 6.26 Å². The monoisotopic (exact) mass is 193 g/mol. The molecule has 0 radical (unpaired) electrons. The zero-order valence-electron chi connectivity index (χ0n) is 6.97. The van der Waals surface area contributed by atoms with Crippen molar-refractivity contribution in [1.29, 1.82) is 0 Å². The van der Waals surface area contributed by atoms with Gasteiger partial charge in [-0.2, -0.15) is 4.99 Å². The van der Waals surface area contributed by atoms with Crippen LogP contribution in [-0.2, 0) is 4.79 Å². The molecule has 0 N–H and O–H groups in total. The van der Waals surface area contributed by atoms with Crippen molar-refractivity contribution in [2.24, 2.45) is 20.9 Å². The minimum atomic E-state index is -0.245. The molecule has 0 aromatic rings. The maximum Gasteiger partial charge on any atom is 0.271 e. The van der Waals surface area contributed by atoms with E-state index in [9.17, 15) is 4.79 Å². The molecule has 0 aliphatic carbocycles. The number of dihydropyridines is 1. The van der Waals surface area contributed by atoms with E-state index in [0.29, 0.717) is 11.0 Å². The molecule has 0 spiro atoms. The van der Waals surface area contributed by atoms with Crippen LogP contribution < -0.4 is 0 Å². The van der Waals surface area contributed by atoms with Crippen molar-refractivity contribution in [2.45, 2.75) is 0 Å². The summed E-state index contributed by atoms with van der Waals surface area (Å²) < 4.78 is 0. The van der Waals surface area contributed by atoms with Crippen LogP contribution in [0.5, 0.6) is 0 Å². The lowest BCUT2D eigenvalue weighted by Crippen LogP contribution is -2.21. The number of fused-ring (bicyclic) bond motifs is 1. The van der Waals surface area contributed by atoms with Crippen molar-refractivity contribution in [1.82, 2.24) is 0 Å². The summed E-state index contributed by atoms with van der Waals surface area (Å²) in [5.41, 5.74) is 0. The largest absolute Gasteiger partial charge is 0.271 e. The Morgan fingerprint density at radius 1 is 1.46 bits per heavy atom. The van der Waals surface area contributed by atoms with Gasteiger partial charge in [-0.1, -0.05) is 17.8 Å². The summed E-state index contributed by atoms with van der Waals surface area (Å²) in [6, 6.07) is 0.